The molecule has 3 saturated heterocycles. The molecule has 3 fully saturated rings. The minimum absolute atomic E-state index is 0.0944. The van der Waals surface area contributed by atoms with Crippen molar-refractivity contribution in [1.29, 1.82) is 0 Å². The van der Waals surface area contributed by atoms with Gasteiger partial charge in [-0.25, -0.2) is 4.79 Å². The van der Waals surface area contributed by atoms with Gasteiger partial charge in [-0.15, -0.1) is 29.3 Å². The second-order valence-corrected chi connectivity index (χ2v) is 11.3. The van der Waals surface area contributed by atoms with E-state index < -0.39 is 23.7 Å². The van der Waals surface area contributed by atoms with Crippen LogP contribution in [0.25, 0.3) is 0 Å². The Hall–Kier alpha value is -2.21. The number of carboxylic acids is 1. The quantitative estimate of drug-likeness (QED) is 0.295. The van der Waals surface area contributed by atoms with Crippen LogP contribution in [0, 0.1) is 5.92 Å². The van der Waals surface area contributed by atoms with Gasteiger partial charge in [0.25, 0.3) is 0 Å². The Kier molecular flexibility index (Phi) is 9.37. The van der Waals surface area contributed by atoms with Gasteiger partial charge in [0.2, 0.25) is 0 Å². The number of piperidine rings is 3. The molecule has 3 aliphatic heterocycles. The molecule has 0 aliphatic carbocycles. The number of aliphatic carboxylic acids is 1. The Morgan fingerprint density at radius 3 is 2.36 bits per heavy atom. The Balaban J connectivity index is 0.000000454. The molecule has 6 nitrogen and oxygen atoms in total. The number of carbonyl (C=O) groups excluding carboxylic acids is 2. The summed E-state index contributed by atoms with van der Waals surface area (Å²) in [4.78, 5) is 23.9. The molecule has 2 atom stereocenters. The molecule has 5 heterocycles. The first-order valence-electron chi connectivity index (χ1n) is 11.7. The molecule has 0 spiro atoms. The average Bonchev–Trinajstić information content (AvgIpc) is 3.54. The van der Waals surface area contributed by atoms with Crippen LogP contribution in [-0.4, -0.2) is 60.0 Å². The zero-order valence-corrected chi connectivity index (χ0v) is 21.4. The van der Waals surface area contributed by atoms with Gasteiger partial charge in [0, 0.05) is 41.4 Å². The number of aryl methyl sites for hydroxylation is 1. The fourth-order valence-electron chi connectivity index (χ4n) is 4.95. The van der Waals surface area contributed by atoms with Gasteiger partial charge in [0.05, 0.1) is 19.6 Å². The monoisotopic (exact) mass is 545 g/mol. The van der Waals surface area contributed by atoms with E-state index in [4.69, 9.17) is 14.6 Å². The van der Waals surface area contributed by atoms with Crippen LogP contribution in [-0.2, 0) is 26.3 Å². The van der Waals surface area contributed by atoms with Crippen molar-refractivity contribution < 1.29 is 42.2 Å². The summed E-state index contributed by atoms with van der Waals surface area (Å²) in [5.74, 6) is -3.10. The van der Waals surface area contributed by atoms with Crippen molar-refractivity contribution in [2.75, 3.05) is 26.2 Å². The number of rotatable bonds is 9. The molecule has 36 heavy (non-hydrogen) atoms. The lowest BCUT2D eigenvalue weighted by Crippen LogP contribution is -2.65. The summed E-state index contributed by atoms with van der Waals surface area (Å²) in [6, 6.07) is 7.98. The van der Waals surface area contributed by atoms with Crippen LogP contribution in [0.4, 0.5) is 13.2 Å². The molecule has 5 rings (SSSR count). The van der Waals surface area contributed by atoms with Gasteiger partial charge < -0.3 is 24.2 Å². The first kappa shape index (κ1) is 28.4. The fraction of sp³-hybridized carbons (Fsp3) is 0.520. The summed E-state index contributed by atoms with van der Waals surface area (Å²) in [6.07, 6.45) is 0.986. The lowest BCUT2D eigenvalue weighted by molar-refractivity contribution is -0.946. The summed E-state index contributed by atoms with van der Waals surface area (Å²) in [5, 5.41) is 23.9. The Morgan fingerprint density at radius 1 is 1.19 bits per heavy atom. The van der Waals surface area contributed by atoms with E-state index in [0.717, 1.165) is 36.8 Å². The molecular weight excluding hydrogens is 515 g/mol. The van der Waals surface area contributed by atoms with E-state index in [-0.39, 0.29) is 12.5 Å². The zero-order chi connectivity index (χ0) is 26.4. The highest BCUT2D eigenvalue weighted by Gasteiger charge is 2.49. The van der Waals surface area contributed by atoms with Gasteiger partial charge >= 0.3 is 12.1 Å². The van der Waals surface area contributed by atoms with E-state index >= 15 is 0 Å². The van der Waals surface area contributed by atoms with Gasteiger partial charge in [0.15, 0.2) is 11.7 Å². The number of carbonyl (C=O) groups is 2. The molecule has 0 radical (unpaired) electrons. The van der Waals surface area contributed by atoms with Crippen molar-refractivity contribution in [3.63, 3.8) is 0 Å². The van der Waals surface area contributed by atoms with Crippen LogP contribution < -0.4 is 5.11 Å². The lowest BCUT2D eigenvalue weighted by atomic mass is 9.82. The number of ether oxygens (including phenoxy) is 1. The average molecular weight is 546 g/mol. The van der Waals surface area contributed by atoms with E-state index in [1.807, 2.05) is 22.8 Å². The van der Waals surface area contributed by atoms with E-state index in [1.54, 1.807) is 12.1 Å². The second-order valence-electron chi connectivity index (χ2n) is 9.27. The first-order valence-corrected chi connectivity index (χ1v) is 13.5. The third kappa shape index (κ3) is 6.96. The third-order valence-electron chi connectivity index (χ3n) is 6.87. The van der Waals surface area contributed by atoms with E-state index in [9.17, 15) is 23.1 Å². The summed E-state index contributed by atoms with van der Waals surface area (Å²) in [6.45, 7) is 8.12. The Labute approximate surface area is 216 Å². The van der Waals surface area contributed by atoms with Gasteiger partial charge in [0.1, 0.15) is 12.5 Å². The summed E-state index contributed by atoms with van der Waals surface area (Å²) in [7, 11) is 0. The predicted molar refractivity (Wildman–Crippen MR) is 129 cm³/mol. The summed E-state index contributed by atoms with van der Waals surface area (Å²) < 4.78 is 38.6. The molecule has 2 aromatic rings. The van der Waals surface area contributed by atoms with Crippen molar-refractivity contribution in [1.82, 2.24) is 0 Å². The molecule has 198 valence electrons. The topological polar surface area (TPSA) is 86.7 Å². The maximum absolute atomic E-state index is 13.1. The van der Waals surface area contributed by atoms with Gasteiger partial charge in [-0.1, -0.05) is 18.2 Å². The molecular formula is C25H30F3NO5S2. The number of hydrogen-bond acceptors (Lipinski definition) is 7. The summed E-state index contributed by atoms with van der Waals surface area (Å²) >= 11 is 3.21. The minimum atomic E-state index is -5.19. The SMILES string of the molecule is C=CCC(O)(C(=O)O[C@H]1C[N+]2(CCCc3cccs3)CCC1CC2)c1cccs1.O=C([O-])C(F)(F)F. The number of hydrogen-bond donors (Lipinski definition) is 1. The van der Waals surface area contributed by atoms with Crippen LogP contribution in [0.2, 0.25) is 0 Å². The third-order valence-corrected chi connectivity index (χ3v) is 8.83. The Morgan fingerprint density at radius 2 is 1.83 bits per heavy atom. The molecule has 0 amide bonds. The molecule has 0 saturated carbocycles. The molecule has 3 aliphatic rings. The lowest BCUT2D eigenvalue weighted by Gasteiger charge is -2.52. The number of fused-ring (bicyclic) bond motifs is 3. The smallest absolute Gasteiger partial charge is 0.430 e. The van der Waals surface area contributed by atoms with Gasteiger partial charge in [-0.2, -0.15) is 13.2 Å². The zero-order valence-electron chi connectivity index (χ0n) is 19.7. The van der Waals surface area contributed by atoms with Crippen LogP contribution in [0.3, 0.4) is 0 Å². The molecule has 0 aromatic carbocycles. The van der Waals surface area contributed by atoms with Crippen molar-refractivity contribution in [2.24, 2.45) is 5.92 Å². The van der Waals surface area contributed by atoms with Crippen LogP contribution in [0.5, 0.6) is 0 Å². The number of aliphatic hydroxyl groups is 1. The molecule has 1 N–H and O–H groups in total. The van der Waals surface area contributed by atoms with E-state index in [0.29, 0.717) is 10.8 Å². The Bertz CT molecular complexity index is 1000. The minimum Gasteiger partial charge on any atom is -0.542 e. The standard InChI is InChI=1S/C23H30NO3S2.C2HF3O2/c1-2-11-23(26,21-8-5-16-29-21)22(25)27-20-17-24(13-9-18(20)10-14-24)12-3-6-19-7-4-15-28-19;3-2(4,5)1(6)7/h2,4-5,7-8,15-16,18,20,26H,1,3,6,9-14,17H2;(H,6,7)/q+1;/p-1/t18?,20-,23?,24?;/m0./s1. The second kappa shape index (κ2) is 11.9. The first-order chi connectivity index (χ1) is 17.0. The van der Waals surface area contributed by atoms with Crippen molar-refractivity contribution >= 4 is 34.6 Å². The normalized spacial score (nSPS) is 24.8. The summed E-state index contributed by atoms with van der Waals surface area (Å²) in [5.41, 5.74) is -1.62. The van der Waals surface area contributed by atoms with Crippen LogP contribution >= 0.6 is 22.7 Å². The highest BCUT2D eigenvalue weighted by atomic mass is 32.1. The maximum Gasteiger partial charge on any atom is 0.430 e. The van der Waals surface area contributed by atoms with Crippen molar-refractivity contribution in [2.45, 2.75) is 50.0 Å². The molecule has 2 aromatic heterocycles. The van der Waals surface area contributed by atoms with Gasteiger partial charge in [-0.3, -0.25) is 0 Å². The maximum atomic E-state index is 13.1. The van der Waals surface area contributed by atoms with Crippen molar-refractivity contribution in [3.8, 4) is 0 Å². The number of carboxylic acid groups (broad SMARTS) is 1. The highest BCUT2D eigenvalue weighted by molar-refractivity contribution is 7.10. The number of quaternary nitrogens is 1. The largest absolute Gasteiger partial charge is 0.542 e. The van der Waals surface area contributed by atoms with Crippen LogP contribution in [0.15, 0.2) is 47.7 Å². The van der Waals surface area contributed by atoms with E-state index in [1.165, 1.54) is 35.7 Å². The van der Waals surface area contributed by atoms with Crippen LogP contribution in [0.1, 0.15) is 35.4 Å². The number of alkyl halides is 3. The number of nitrogens with zero attached hydrogens (tertiary/aromatic N) is 1. The van der Waals surface area contributed by atoms with Gasteiger partial charge in [-0.05, 0) is 29.3 Å². The molecule has 2 bridgehead atoms. The highest BCUT2D eigenvalue weighted by Crippen LogP contribution is 2.38. The molecule has 1 unspecified atom stereocenters. The van der Waals surface area contributed by atoms with Crippen molar-refractivity contribution in [3.05, 3.63) is 57.4 Å². The number of halogens is 3. The molecule has 11 heteroatoms. The predicted octanol–water partition coefficient (Wildman–Crippen LogP) is 3.66. The number of esters is 1. The fourth-order valence-corrected chi connectivity index (χ4v) is 6.53. The van der Waals surface area contributed by atoms with E-state index in [2.05, 4.69) is 24.1 Å². The number of thiophene rings is 2.